The molecule has 23 heavy (non-hydrogen) atoms. The van der Waals surface area contributed by atoms with Crippen LogP contribution < -0.4 is 11.1 Å². The van der Waals surface area contributed by atoms with E-state index in [2.05, 4.69) is 38.5 Å². The highest BCUT2D eigenvalue weighted by atomic mass is 32.2. The molecule has 1 aliphatic rings. The van der Waals surface area contributed by atoms with Gasteiger partial charge in [-0.1, -0.05) is 26.0 Å². The fourth-order valence-corrected chi connectivity index (χ4v) is 2.94. The number of nitrogens with zero attached hydrogens (tertiary/aromatic N) is 3. The third-order valence-corrected chi connectivity index (χ3v) is 4.14. The molecule has 2 heterocycles. The van der Waals surface area contributed by atoms with Crippen molar-refractivity contribution in [3.05, 3.63) is 60.7 Å². The summed E-state index contributed by atoms with van der Waals surface area (Å²) < 4.78 is 0. The maximum absolute atomic E-state index is 5.56. The molecule has 0 spiro atoms. The Bertz CT molecular complexity index is 670. The number of nitrogen functional groups attached to an aromatic ring is 1. The molecule has 5 nitrogen and oxygen atoms in total. The van der Waals surface area contributed by atoms with Crippen molar-refractivity contribution in [2.24, 2.45) is 0 Å². The van der Waals surface area contributed by atoms with E-state index in [4.69, 9.17) is 5.73 Å². The molecule has 6 heteroatoms. The summed E-state index contributed by atoms with van der Waals surface area (Å²) in [7, 11) is 0. The van der Waals surface area contributed by atoms with Crippen LogP contribution in [-0.4, -0.2) is 20.2 Å². The van der Waals surface area contributed by atoms with E-state index in [-0.39, 0.29) is 5.95 Å². The maximum atomic E-state index is 5.56. The number of anilines is 2. The summed E-state index contributed by atoms with van der Waals surface area (Å²) in [6, 6.07) is 5.85. The minimum atomic E-state index is 0.270. The molecule has 0 amide bonds. The van der Waals surface area contributed by atoms with Crippen molar-refractivity contribution in [3.63, 3.8) is 0 Å². The first-order valence-corrected chi connectivity index (χ1v) is 8.48. The van der Waals surface area contributed by atoms with E-state index in [0.717, 1.165) is 12.1 Å². The van der Waals surface area contributed by atoms with Crippen molar-refractivity contribution in [1.29, 1.82) is 0 Å². The van der Waals surface area contributed by atoms with Crippen LogP contribution >= 0.6 is 11.8 Å². The highest BCUT2D eigenvalue weighted by Gasteiger charge is 2.10. The van der Waals surface area contributed by atoms with Gasteiger partial charge in [-0.15, -0.1) is 11.8 Å². The first kappa shape index (κ1) is 17.0. The van der Waals surface area contributed by atoms with E-state index in [1.807, 2.05) is 50.1 Å². The van der Waals surface area contributed by atoms with Crippen LogP contribution in [0.5, 0.6) is 0 Å². The van der Waals surface area contributed by atoms with Crippen molar-refractivity contribution in [3.8, 4) is 0 Å². The van der Waals surface area contributed by atoms with E-state index in [1.54, 1.807) is 12.3 Å². The molecule has 2 aromatic heterocycles. The average Bonchev–Trinajstić information content (AvgIpc) is 2.59. The van der Waals surface area contributed by atoms with Gasteiger partial charge in [-0.2, -0.15) is 4.98 Å². The summed E-state index contributed by atoms with van der Waals surface area (Å²) in [6.07, 6.45) is 12.7. The summed E-state index contributed by atoms with van der Waals surface area (Å²) in [4.78, 5) is 13.3. The number of rotatable bonds is 4. The normalized spacial score (nSPS) is 16.1. The van der Waals surface area contributed by atoms with Crippen LogP contribution in [0.2, 0.25) is 0 Å². The molecule has 0 radical (unpaired) electrons. The van der Waals surface area contributed by atoms with Gasteiger partial charge >= 0.3 is 0 Å². The average molecular weight is 327 g/mol. The largest absolute Gasteiger partial charge is 0.368 e. The van der Waals surface area contributed by atoms with E-state index in [1.165, 1.54) is 4.90 Å². The highest BCUT2D eigenvalue weighted by molar-refractivity contribution is 8.00. The number of pyridine rings is 1. The van der Waals surface area contributed by atoms with Crippen LogP contribution in [0.3, 0.4) is 0 Å². The fraction of sp³-hybridized carbons (Fsp3) is 0.235. The maximum Gasteiger partial charge on any atom is 0.221 e. The van der Waals surface area contributed by atoms with Crippen LogP contribution in [-0.2, 0) is 0 Å². The Morgan fingerprint density at radius 3 is 2.61 bits per heavy atom. The second-order valence-electron chi connectivity index (χ2n) is 4.52. The van der Waals surface area contributed by atoms with Gasteiger partial charge in [0.05, 0.1) is 0 Å². The monoisotopic (exact) mass is 327 g/mol. The zero-order valence-electron chi connectivity index (χ0n) is 13.3. The lowest BCUT2D eigenvalue weighted by molar-refractivity contribution is 1.03. The van der Waals surface area contributed by atoms with Gasteiger partial charge in [0.25, 0.3) is 0 Å². The molecule has 0 aromatic carbocycles. The van der Waals surface area contributed by atoms with Gasteiger partial charge < -0.3 is 11.1 Å². The van der Waals surface area contributed by atoms with Gasteiger partial charge in [0.2, 0.25) is 5.95 Å². The zero-order chi connectivity index (χ0) is 16.5. The molecule has 1 unspecified atom stereocenters. The summed E-state index contributed by atoms with van der Waals surface area (Å²) in [6.45, 7) is 4.00. The molecule has 0 saturated carbocycles. The summed E-state index contributed by atoms with van der Waals surface area (Å²) in [5, 5.41) is 3.67. The van der Waals surface area contributed by atoms with Crippen molar-refractivity contribution < 1.29 is 0 Å². The van der Waals surface area contributed by atoms with Crippen molar-refractivity contribution in [2.45, 2.75) is 30.4 Å². The van der Waals surface area contributed by atoms with Gasteiger partial charge in [-0.25, -0.2) is 4.98 Å². The second kappa shape index (κ2) is 8.95. The molecule has 1 atom stereocenters. The molecule has 2 aromatic rings. The summed E-state index contributed by atoms with van der Waals surface area (Å²) >= 11 is 1.83. The van der Waals surface area contributed by atoms with Gasteiger partial charge in [0.1, 0.15) is 5.82 Å². The van der Waals surface area contributed by atoms with Crippen LogP contribution in [0.25, 0.3) is 0 Å². The van der Waals surface area contributed by atoms with Gasteiger partial charge in [-0.3, -0.25) is 4.98 Å². The van der Waals surface area contributed by atoms with Gasteiger partial charge in [-0.05, 0) is 30.7 Å². The topological polar surface area (TPSA) is 76.7 Å². The molecule has 3 rings (SSSR count). The lowest BCUT2D eigenvalue weighted by Gasteiger charge is -2.16. The molecule has 0 saturated heterocycles. The highest BCUT2D eigenvalue weighted by Crippen LogP contribution is 2.29. The van der Waals surface area contributed by atoms with E-state index >= 15 is 0 Å². The van der Waals surface area contributed by atoms with Gasteiger partial charge in [0.15, 0.2) is 0 Å². The molecule has 0 aliphatic heterocycles. The molecule has 0 fully saturated rings. The molecular weight excluding hydrogens is 306 g/mol. The Morgan fingerprint density at radius 2 is 1.96 bits per heavy atom. The second-order valence-corrected chi connectivity index (χ2v) is 5.83. The Morgan fingerprint density at radius 1 is 1.17 bits per heavy atom. The molecule has 0 bridgehead atoms. The SMILES string of the molecule is CC.Nc1nccc(NC2=CCC(Sc3ccncc3)C=C2)n1. The predicted octanol–water partition coefficient (Wildman–Crippen LogP) is 3.90. The Balaban J connectivity index is 0.000000924. The number of aromatic nitrogens is 3. The van der Waals surface area contributed by atoms with Crippen LogP contribution in [0.15, 0.2) is 65.6 Å². The van der Waals surface area contributed by atoms with Crippen molar-refractivity contribution in [2.75, 3.05) is 11.1 Å². The molecule has 3 N–H and O–H groups in total. The number of nitrogens with two attached hydrogens (primary N) is 1. The van der Waals surface area contributed by atoms with Crippen LogP contribution in [0.4, 0.5) is 11.8 Å². The minimum Gasteiger partial charge on any atom is -0.368 e. The minimum absolute atomic E-state index is 0.270. The third-order valence-electron chi connectivity index (χ3n) is 2.94. The van der Waals surface area contributed by atoms with E-state index in [0.29, 0.717) is 11.1 Å². The number of hydrogen-bond donors (Lipinski definition) is 2. The number of nitrogens with one attached hydrogen (secondary N) is 1. The quantitative estimate of drug-likeness (QED) is 0.887. The van der Waals surface area contributed by atoms with E-state index < -0.39 is 0 Å². The standard InChI is InChI=1S/C15H15N5S.C2H6/c16-15-18-10-7-14(20-15)19-11-1-3-12(4-2-11)21-13-5-8-17-9-6-13;1-2/h1-3,5-10,12H,4H2,(H3,16,18,19,20);1-2H3. The number of thioether (sulfide) groups is 1. The Kier molecular flexibility index (Phi) is 6.62. The molecular formula is C17H21N5S. The first-order chi connectivity index (χ1) is 11.3. The molecule has 120 valence electrons. The molecule has 1 aliphatic carbocycles. The van der Waals surface area contributed by atoms with Crippen LogP contribution in [0, 0.1) is 0 Å². The Labute approximate surface area is 141 Å². The van der Waals surface area contributed by atoms with E-state index in [9.17, 15) is 0 Å². The van der Waals surface area contributed by atoms with Crippen LogP contribution in [0.1, 0.15) is 20.3 Å². The van der Waals surface area contributed by atoms with Crippen molar-refractivity contribution in [1.82, 2.24) is 15.0 Å². The fourth-order valence-electron chi connectivity index (χ4n) is 1.96. The number of hydrogen-bond acceptors (Lipinski definition) is 6. The number of allylic oxidation sites excluding steroid dienone is 2. The van der Waals surface area contributed by atoms with Gasteiger partial charge in [0, 0.05) is 34.4 Å². The zero-order valence-corrected chi connectivity index (χ0v) is 14.1. The summed E-state index contributed by atoms with van der Waals surface area (Å²) in [5.74, 6) is 0.977. The summed E-state index contributed by atoms with van der Waals surface area (Å²) in [5.41, 5.74) is 6.59. The van der Waals surface area contributed by atoms with Crippen molar-refractivity contribution >= 4 is 23.5 Å². The third kappa shape index (κ3) is 5.41. The lowest BCUT2D eigenvalue weighted by atomic mass is 10.1. The first-order valence-electron chi connectivity index (χ1n) is 7.60. The smallest absolute Gasteiger partial charge is 0.221 e. The predicted molar refractivity (Wildman–Crippen MR) is 97.1 cm³/mol. The lowest BCUT2D eigenvalue weighted by Crippen LogP contribution is -2.08. The Hall–Kier alpha value is -2.34.